The molecule has 20 heavy (non-hydrogen) atoms. The van der Waals surface area contributed by atoms with Gasteiger partial charge in [0.1, 0.15) is 0 Å². The molecule has 1 fully saturated rings. The van der Waals surface area contributed by atoms with E-state index in [1.807, 2.05) is 18.2 Å². The number of carbonyl (C=O) groups is 1. The molecule has 2 rings (SSSR count). The monoisotopic (exact) mass is 276 g/mol. The first-order valence-electron chi connectivity index (χ1n) is 7.42. The lowest BCUT2D eigenvalue weighted by atomic mass is 10.1. The molecule has 1 aromatic rings. The van der Waals surface area contributed by atoms with E-state index in [1.54, 1.807) is 0 Å². The number of amides is 1. The first-order chi connectivity index (χ1) is 9.78. The Kier molecular flexibility index (Phi) is 6.02. The molecule has 1 atom stereocenters. The Morgan fingerprint density at radius 3 is 2.85 bits per heavy atom. The summed E-state index contributed by atoms with van der Waals surface area (Å²) in [5, 5.41) is 12.0. The van der Waals surface area contributed by atoms with Crippen molar-refractivity contribution in [2.45, 2.75) is 19.3 Å². The highest BCUT2D eigenvalue weighted by Crippen LogP contribution is 2.14. The van der Waals surface area contributed by atoms with Crippen LogP contribution in [0.3, 0.4) is 0 Å². The predicted molar refractivity (Wildman–Crippen MR) is 79.4 cm³/mol. The van der Waals surface area contributed by atoms with Crippen LogP contribution in [-0.4, -0.2) is 48.7 Å². The summed E-state index contributed by atoms with van der Waals surface area (Å²) in [5.41, 5.74) is 1.31. The van der Waals surface area contributed by atoms with Crippen molar-refractivity contribution in [2.24, 2.45) is 5.92 Å². The van der Waals surface area contributed by atoms with Gasteiger partial charge >= 0.3 is 0 Å². The molecule has 2 N–H and O–H groups in total. The van der Waals surface area contributed by atoms with E-state index in [9.17, 15) is 4.79 Å². The number of aryl methyl sites for hydroxylation is 1. The minimum atomic E-state index is 0.0941. The molecule has 110 valence electrons. The zero-order chi connectivity index (χ0) is 14.2. The van der Waals surface area contributed by atoms with Crippen LogP contribution in [0.4, 0.5) is 0 Å². The van der Waals surface area contributed by atoms with E-state index in [4.69, 9.17) is 5.11 Å². The summed E-state index contributed by atoms with van der Waals surface area (Å²) in [6, 6.07) is 10.3. The third-order valence-electron chi connectivity index (χ3n) is 3.80. The Balaban J connectivity index is 1.57. The van der Waals surface area contributed by atoms with E-state index in [2.05, 4.69) is 22.3 Å². The molecule has 1 aromatic carbocycles. The second-order valence-corrected chi connectivity index (χ2v) is 5.51. The molecular weight excluding hydrogens is 252 g/mol. The van der Waals surface area contributed by atoms with Crippen LogP contribution >= 0.6 is 0 Å². The number of likely N-dealkylation sites (tertiary alicyclic amines) is 1. The van der Waals surface area contributed by atoms with Crippen molar-refractivity contribution in [3.05, 3.63) is 35.9 Å². The normalized spacial score (nSPS) is 19.1. The fourth-order valence-corrected chi connectivity index (χ4v) is 2.63. The third kappa shape index (κ3) is 4.94. The van der Waals surface area contributed by atoms with Gasteiger partial charge in [-0.2, -0.15) is 0 Å². The summed E-state index contributed by atoms with van der Waals surface area (Å²) in [5.74, 6) is 0.442. The summed E-state index contributed by atoms with van der Waals surface area (Å²) >= 11 is 0. The average Bonchev–Trinajstić information content (AvgIpc) is 2.92. The summed E-state index contributed by atoms with van der Waals surface area (Å²) < 4.78 is 0. The summed E-state index contributed by atoms with van der Waals surface area (Å²) in [4.78, 5) is 13.9. The van der Waals surface area contributed by atoms with Gasteiger partial charge in [-0.05, 0) is 37.3 Å². The number of nitrogens with zero attached hydrogens (tertiary/aromatic N) is 1. The Morgan fingerprint density at radius 2 is 2.15 bits per heavy atom. The number of benzene rings is 1. The molecular formula is C16H24N2O2. The van der Waals surface area contributed by atoms with Gasteiger partial charge in [0.15, 0.2) is 0 Å². The number of nitrogens with one attached hydrogen (secondary N) is 1. The van der Waals surface area contributed by atoms with Gasteiger partial charge in [-0.15, -0.1) is 0 Å². The molecule has 4 nitrogen and oxygen atoms in total. The van der Waals surface area contributed by atoms with Crippen LogP contribution in [0.5, 0.6) is 0 Å². The topological polar surface area (TPSA) is 52.6 Å². The van der Waals surface area contributed by atoms with Crippen LogP contribution in [0.2, 0.25) is 0 Å². The van der Waals surface area contributed by atoms with E-state index in [-0.39, 0.29) is 12.5 Å². The molecule has 1 heterocycles. The molecule has 1 saturated heterocycles. The van der Waals surface area contributed by atoms with Crippen molar-refractivity contribution < 1.29 is 9.90 Å². The van der Waals surface area contributed by atoms with Gasteiger partial charge in [-0.1, -0.05) is 30.3 Å². The highest BCUT2D eigenvalue weighted by molar-refractivity contribution is 5.78. The second kappa shape index (κ2) is 8.02. The lowest BCUT2D eigenvalue weighted by molar-refractivity contribution is -0.122. The van der Waals surface area contributed by atoms with Crippen LogP contribution < -0.4 is 5.32 Å². The molecule has 1 aliphatic heterocycles. The molecule has 0 aromatic heterocycles. The maximum absolute atomic E-state index is 11.8. The third-order valence-corrected chi connectivity index (χ3v) is 3.80. The molecule has 0 radical (unpaired) electrons. The highest BCUT2D eigenvalue weighted by atomic mass is 16.3. The van der Waals surface area contributed by atoms with E-state index in [1.165, 1.54) is 5.56 Å². The van der Waals surface area contributed by atoms with Crippen molar-refractivity contribution in [3.8, 4) is 0 Å². The number of hydrogen-bond acceptors (Lipinski definition) is 3. The largest absolute Gasteiger partial charge is 0.396 e. The maximum Gasteiger partial charge on any atom is 0.234 e. The second-order valence-electron chi connectivity index (χ2n) is 5.51. The first kappa shape index (κ1) is 15.0. The standard InChI is InChI=1S/C16H24N2O2/c19-13-15-8-10-18(11-15)12-16(20)17-9-4-7-14-5-2-1-3-6-14/h1-3,5-6,15,19H,4,7-13H2,(H,17,20). The Bertz CT molecular complexity index is 408. The predicted octanol–water partition coefficient (Wildman–Crippen LogP) is 1.05. The average molecular weight is 276 g/mol. The van der Waals surface area contributed by atoms with Crippen molar-refractivity contribution in [2.75, 3.05) is 32.8 Å². The summed E-state index contributed by atoms with van der Waals surface area (Å²) in [6.45, 7) is 3.18. The van der Waals surface area contributed by atoms with Crippen LogP contribution in [0.1, 0.15) is 18.4 Å². The van der Waals surface area contributed by atoms with Gasteiger partial charge in [0.2, 0.25) is 5.91 Å². The molecule has 0 bridgehead atoms. The number of carbonyl (C=O) groups excluding carboxylic acids is 1. The maximum atomic E-state index is 11.8. The Labute approximate surface area is 120 Å². The fourth-order valence-electron chi connectivity index (χ4n) is 2.63. The van der Waals surface area contributed by atoms with Crippen molar-refractivity contribution in [1.29, 1.82) is 0 Å². The van der Waals surface area contributed by atoms with E-state index < -0.39 is 0 Å². The molecule has 1 unspecified atom stereocenters. The molecule has 0 saturated carbocycles. The van der Waals surface area contributed by atoms with Crippen LogP contribution in [0, 0.1) is 5.92 Å². The van der Waals surface area contributed by atoms with Gasteiger partial charge < -0.3 is 10.4 Å². The zero-order valence-electron chi connectivity index (χ0n) is 11.9. The summed E-state index contributed by atoms with van der Waals surface area (Å²) in [6.07, 6.45) is 2.96. The number of aliphatic hydroxyl groups excluding tert-OH is 1. The van der Waals surface area contributed by atoms with Gasteiger partial charge in [-0.3, -0.25) is 9.69 Å². The SMILES string of the molecule is O=C(CN1CCC(CO)C1)NCCCc1ccccc1. The molecule has 4 heteroatoms. The number of rotatable bonds is 7. The Hall–Kier alpha value is -1.39. The highest BCUT2D eigenvalue weighted by Gasteiger charge is 2.22. The van der Waals surface area contributed by atoms with Gasteiger partial charge in [0.05, 0.1) is 6.54 Å². The van der Waals surface area contributed by atoms with E-state index in [0.29, 0.717) is 12.5 Å². The molecule has 0 aliphatic carbocycles. The Morgan fingerprint density at radius 1 is 1.35 bits per heavy atom. The molecule has 1 aliphatic rings. The minimum Gasteiger partial charge on any atom is -0.396 e. The first-order valence-corrected chi connectivity index (χ1v) is 7.42. The lowest BCUT2D eigenvalue weighted by Gasteiger charge is -2.15. The van der Waals surface area contributed by atoms with Crippen molar-refractivity contribution in [3.63, 3.8) is 0 Å². The minimum absolute atomic E-state index is 0.0941. The van der Waals surface area contributed by atoms with Crippen LogP contribution in [0.25, 0.3) is 0 Å². The fraction of sp³-hybridized carbons (Fsp3) is 0.562. The van der Waals surface area contributed by atoms with Crippen LogP contribution in [0.15, 0.2) is 30.3 Å². The number of aliphatic hydroxyl groups is 1. The van der Waals surface area contributed by atoms with Gasteiger partial charge in [-0.25, -0.2) is 0 Å². The van der Waals surface area contributed by atoms with E-state index in [0.717, 1.165) is 38.9 Å². The van der Waals surface area contributed by atoms with Crippen LogP contribution in [-0.2, 0) is 11.2 Å². The number of hydrogen-bond donors (Lipinski definition) is 2. The molecule has 0 spiro atoms. The van der Waals surface area contributed by atoms with Gasteiger partial charge in [0.25, 0.3) is 0 Å². The zero-order valence-corrected chi connectivity index (χ0v) is 11.9. The quantitative estimate of drug-likeness (QED) is 0.732. The van der Waals surface area contributed by atoms with Crippen molar-refractivity contribution >= 4 is 5.91 Å². The van der Waals surface area contributed by atoms with E-state index >= 15 is 0 Å². The lowest BCUT2D eigenvalue weighted by Crippen LogP contribution is -2.36. The van der Waals surface area contributed by atoms with Crippen molar-refractivity contribution in [1.82, 2.24) is 10.2 Å². The molecule has 1 amide bonds. The smallest absolute Gasteiger partial charge is 0.234 e. The summed E-state index contributed by atoms with van der Waals surface area (Å²) in [7, 11) is 0. The van der Waals surface area contributed by atoms with Gasteiger partial charge in [0, 0.05) is 19.7 Å².